The number of nitrogens with zero attached hydrogens (tertiary/aromatic N) is 1. The van der Waals surface area contributed by atoms with Gasteiger partial charge in [-0.2, -0.15) is 0 Å². The molecule has 0 aliphatic carbocycles. The van der Waals surface area contributed by atoms with Gasteiger partial charge in [-0.3, -0.25) is 9.69 Å². The molecule has 0 aliphatic heterocycles. The van der Waals surface area contributed by atoms with Crippen molar-refractivity contribution < 1.29 is 19.4 Å². The average molecular weight is 558 g/mol. The summed E-state index contributed by atoms with van der Waals surface area (Å²) < 4.78 is 12.4. The first-order chi connectivity index (χ1) is 20.6. The quantitative estimate of drug-likeness (QED) is 0.153. The van der Waals surface area contributed by atoms with Gasteiger partial charge in [0, 0.05) is 13.1 Å². The van der Waals surface area contributed by atoms with Gasteiger partial charge < -0.3 is 14.6 Å². The Morgan fingerprint density at radius 3 is 1.43 bits per heavy atom. The second-order valence-corrected chi connectivity index (χ2v) is 10.3. The van der Waals surface area contributed by atoms with Crippen molar-refractivity contribution in [3.05, 3.63) is 167 Å². The summed E-state index contributed by atoms with van der Waals surface area (Å²) in [6.07, 6.45) is 0.315. The van der Waals surface area contributed by atoms with Gasteiger partial charge in [-0.1, -0.05) is 127 Å². The number of carboxylic acids is 1. The van der Waals surface area contributed by atoms with Crippen LogP contribution >= 0.6 is 0 Å². The Hall–Kier alpha value is -4.87. The maximum absolute atomic E-state index is 12.8. The summed E-state index contributed by atoms with van der Waals surface area (Å²) in [5, 5.41) is 10.4. The van der Waals surface area contributed by atoms with Gasteiger partial charge in [0.1, 0.15) is 19.3 Å². The van der Waals surface area contributed by atoms with E-state index in [2.05, 4.69) is 0 Å². The molecule has 212 valence electrons. The Bertz CT molecular complexity index is 1480. The highest BCUT2D eigenvalue weighted by molar-refractivity contribution is 5.74. The van der Waals surface area contributed by atoms with Crippen LogP contribution in [0.1, 0.15) is 27.8 Å². The number of benzene rings is 5. The first kappa shape index (κ1) is 28.7. The van der Waals surface area contributed by atoms with Crippen molar-refractivity contribution in [2.24, 2.45) is 0 Å². The summed E-state index contributed by atoms with van der Waals surface area (Å²) in [5.41, 5.74) is 5.09. The van der Waals surface area contributed by atoms with Crippen LogP contribution in [0.4, 0.5) is 0 Å². The van der Waals surface area contributed by atoms with E-state index in [0.717, 1.165) is 27.8 Å². The number of aliphatic carboxylic acids is 1. The lowest BCUT2D eigenvalue weighted by Gasteiger charge is -2.29. The van der Waals surface area contributed by atoms with Gasteiger partial charge in [0.05, 0.1) is 0 Å². The highest BCUT2D eigenvalue weighted by Crippen LogP contribution is 2.31. The second-order valence-electron chi connectivity index (χ2n) is 10.3. The molecule has 0 saturated heterocycles. The molecule has 1 atom stereocenters. The van der Waals surface area contributed by atoms with Crippen LogP contribution in [0.25, 0.3) is 0 Å². The Balaban J connectivity index is 1.40. The number of carbonyl (C=O) groups is 1. The molecule has 1 N–H and O–H groups in total. The Labute approximate surface area is 247 Å². The van der Waals surface area contributed by atoms with Crippen molar-refractivity contribution >= 4 is 5.97 Å². The van der Waals surface area contributed by atoms with E-state index < -0.39 is 12.0 Å². The topological polar surface area (TPSA) is 59.0 Å². The zero-order valence-electron chi connectivity index (χ0n) is 23.5. The summed E-state index contributed by atoms with van der Waals surface area (Å²) in [6.45, 7) is 1.81. The molecule has 0 unspecified atom stereocenters. The van der Waals surface area contributed by atoms with Crippen LogP contribution in [0.5, 0.6) is 11.5 Å². The molecule has 0 spiro atoms. The van der Waals surface area contributed by atoms with Gasteiger partial charge in [0.2, 0.25) is 0 Å². The van der Waals surface area contributed by atoms with Crippen LogP contribution in [-0.2, 0) is 37.5 Å². The molecule has 5 heteroatoms. The van der Waals surface area contributed by atoms with Crippen molar-refractivity contribution in [2.75, 3.05) is 0 Å². The van der Waals surface area contributed by atoms with Crippen LogP contribution in [0, 0.1) is 0 Å². The summed E-state index contributed by atoms with van der Waals surface area (Å²) in [4.78, 5) is 14.8. The fraction of sp³-hybridized carbons (Fsp3) is 0.162. The first-order valence-corrected chi connectivity index (χ1v) is 14.1. The minimum Gasteiger partial charge on any atom is -0.485 e. The third kappa shape index (κ3) is 8.32. The predicted octanol–water partition coefficient (Wildman–Crippen LogP) is 7.54. The van der Waals surface area contributed by atoms with E-state index >= 15 is 0 Å². The van der Waals surface area contributed by atoms with E-state index in [4.69, 9.17) is 9.47 Å². The van der Waals surface area contributed by atoms with Crippen molar-refractivity contribution in [3.63, 3.8) is 0 Å². The van der Waals surface area contributed by atoms with Crippen LogP contribution in [0.15, 0.2) is 140 Å². The molecule has 0 saturated carbocycles. The van der Waals surface area contributed by atoms with Gasteiger partial charge in [0.25, 0.3) is 0 Å². The summed E-state index contributed by atoms with van der Waals surface area (Å²) in [6, 6.07) is 44.9. The number of carboxylic acid groups (broad SMARTS) is 1. The highest BCUT2D eigenvalue weighted by atomic mass is 16.5. The molecule has 5 rings (SSSR count). The fourth-order valence-electron chi connectivity index (χ4n) is 4.89. The standard InChI is InChI=1S/C37H35NO4/c39-37(40)34(38(25-29-13-5-1-6-14-29)26-30-15-7-2-8-16-30)23-33-21-22-35(41-27-31-17-9-3-10-18-31)36(24-33)42-28-32-19-11-4-12-20-32/h1-22,24,34H,23,25-28H2,(H,39,40)/t34-/m0/s1. The molecule has 5 aromatic rings. The molecule has 5 aromatic carbocycles. The van der Waals surface area contributed by atoms with Crippen LogP contribution in [-0.4, -0.2) is 22.0 Å². The van der Waals surface area contributed by atoms with E-state index in [-0.39, 0.29) is 0 Å². The van der Waals surface area contributed by atoms with Crippen LogP contribution in [0.3, 0.4) is 0 Å². The molecule has 0 heterocycles. The van der Waals surface area contributed by atoms with Crippen molar-refractivity contribution in [1.82, 2.24) is 4.90 Å². The zero-order valence-corrected chi connectivity index (χ0v) is 23.5. The number of ether oxygens (including phenoxy) is 2. The monoisotopic (exact) mass is 557 g/mol. The smallest absolute Gasteiger partial charge is 0.321 e. The fourth-order valence-corrected chi connectivity index (χ4v) is 4.89. The average Bonchev–Trinajstić information content (AvgIpc) is 3.03. The lowest BCUT2D eigenvalue weighted by Crippen LogP contribution is -2.42. The normalized spacial score (nSPS) is 11.6. The van der Waals surface area contributed by atoms with Gasteiger partial charge >= 0.3 is 5.97 Å². The SMILES string of the molecule is O=C(O)[C@H](Cc1ccc(OCc2ccccc2)c(OCc2ccccc2)c1)N(Cc1ccccc1)Cc1ccccc1. The van der Waals surface area contributed by atoms with Gasteiger partial charge in [0.15, 0.2) is 11.5 Å². The Morgan fingerprint density at radius 1 is 0.548 bits per heavy atom. The molecule has 0 radical (unpaired) electrons. The van der Waals surface area contributed by atoms with Crippen LogP contribution in [0.2, 0.25) is 0 Å². The second kappa shape index (κ2) is 14.7. The number of rotatable bonds is 14. The molecular weight excluding hydrogens is 522 g/mol. The van der Waals surface area contributed by atoms with Gasteiger partial charge in [-0.25, -0.2) is 0 Å². The van der Waals surface area contributed by atoms with Crippen molar-refractivity contribution in [1.29, 1.82) is 0 Å². The molecule has 0 fully saturated rings. The molecule has 0 aromatic heterocycles. The van der Waals surface area contributed by atoms with Crippen LogP contribution < -0.4 is 9.47 Å². The Kier molecular flexibility index (Phi) is 10.0. The highest BCUT2D eigenvalue weighted by Gasteiger charge is 2.27. The molecule has 42 heavy (non-hydrogen) atoms. The molecule has 0 aliphatic rings. The number of hydrogen-bond acceptors (Lipinski definition) is 4. The predicted molar refractivity (Wildman–Crippen MR) is 165 cm³/mol. The van der Waals surface area contributed by atoms with Gasteiger partial charge in [-0.15, -0.1) is 0 Å². The maximum atomic E-state index is 12.8. The first-order valence-electron chi connectivity index (χ1n) is 14.1. The minimum absolute atomic E-state index is 0.315. The summed E-state index contributed by atoms with van der Waals surface area (Å²) in [7, 11) is 0. The third-order valence-corrected chi connectivity index (χ3v) is 7.09. The third-order valence-electron chi connectivity index (χ3n) is 7.09. The van der Waals surface area contributed by atoms with Crippen molar-refractivity contribution in [2.45, 2.75) is 38.8 Å². The van der Waals surface area contributed by atoms with E-state index in [1.807, 2.05) is 144 Å². The Morgan fingerprint density at radius 2 is 0.976 bits per heavy atom. The lowest BCUT2D eigenvalue weighted by atomic mass is 10.0. The van der Waals surface area contributed by atoms with E-state index in [0.29, 0.717) is 44.2 Å². The van der Waals surface area contributed by atoms with E-state index in [1.54, 1.807) is 0 Å². The molecule has 0 amide bonds. The summed E-state index contributed by atoms with van der Waals surface area (Å²) >= 11 is 0. The largest absolute Gasteiger partial charge is 0.485 e. The number of hydrogen-bond donors (Lipinski definition) is 1. The molecule has 0 bridgehead atoms. The zero-order chi connectivity index (χ0) is 29.0. The summed E-state index contributed by atoms with van der Waals surface area (Å²) in [5.74, 6) is 0.350. The molecule has 5 nitrogen and oxygen atoms in total. The maximum Gasteiger partial charge on any atom is 0.321 e. The van der Waals surface area contributed by atoms with Gasteiger partial charge in [-0.05, 0) is 46.4 Å². The van der Waals surface area contributed by atoms with E-state index in [9.17, 15) is 9.90 Å². The lowest BCUT2D eigenvalue weighted by molar-refractivity contribution is -0.143. The van der Waals surface area contributed by atoms with Crippen molar-refractivity contribution in [3.8, 4) is 11.5 Å². The van der Waals surface area contributed by atoms with E-state index in [1.165, 1.54) is 0 Å². The molecular formula is C37H35NO4. The minimum atomic E-state index is -0.863.